The van der Waals surface area contributed by atoms with Gasteiger partial charge in [0.15, 0.2) is 4.80 Å². The third kappa shape index (κ3) is 4.60. The minimum absolute atomic E-state index is 0.0374. The molecule has 10 heteroatoms. The average Bonchev–Trinajstić information content (AvgIpc) is 3.52. The number of aromatic nitrogens is 1. The van der Waals surface area contributed by atoms with Gasteiger partial charge in [0.25, 0.3) is 11.2 Å². The summed E-state index contributed by atoms with van der Waals surface area (Å²) in [6.07, 6.45) is 3.80. The summed E-state index contributed by atoms with van der Waals surface area (Å²) in [5, 5.41) is 11.5. The maximum absolute atomic E-state index is 13.8. The van der Waals surface area contributed by atoms with Crippen molar-refractivity contribution >= 4 is 34.8 Å². The molecule has 3 heterocycles. The molecule has 0 spiro atoms. The number of carbonyl (C=O) groups excluding carboxylic acids is 1. The number of esters is 1. The standard InChI is InChI=1S/C27H26N4O5S/c1-3-36-26(33)23-17(2)28-27-30(24(23)18-9-5-4-6-10-18)25(32)22(37-27)16-19-15-20(31(34)35)11-12-21(19)29-13-7-8-14-29/h4-6,9-12,15-16,24H,3,7-8,13-14H2,1-2H3/b22-16+/t24-/m1/s1. The predicted molar refractivity (Wildman–Crippen MR) is 141 cm³/mol. The van der Waals surface area contributed by atoms with Crippen molar-refractivity contribution in [2.24, 2.45) is 4.99 Å². The molecule has 2 aromatic carbocycles. The number of thiazole rings is 1. The molecule has 2 aliphatic heterocycles. The van der Waals surface area contributed by atoms with Crippen LogP contribution in [0.4, 0.5) is 11.4 Å². The molecule has 3 aromatic rings. The van der Waals surface area contributed by atoms with Crippen molar-refractivity contribution in [3.63, 3.8) is 0 Å². The van der Waals surface area contributed by atoms with E-state index in [1.54, 1.807) is 26.0 Å². The van der Waals surface area contributed by atoms with Crippen LogP contribution in [0.3, 0.4) is 0 Å². The van der Waals surface area contributed by atoms with Crippen LogP contribution in [0.25, 0.3) is 6.08 Å². The van der Waals surface area contributed by atoms with E-state index in [0.717, 1.165) is 37.2 Å². The first-order chi connectivity index (χ1) is 17.9. The number of hydrogen-bond donors (Lipinski definition) is 0. The maximum Gasteiger partial charge on any atom is 0.338 e. The van der Waals surface area contributed by atoms with E-state index in [0.29, 0.717) is 26.2 Å². The fourth-order valence-electron chi connectivity index (χ4n) is 4.90. The monoisotopic (exact) mass is 518 g/mol. The fraction of sp³-hybridized carbons (Fsp3) is 0.296. The molecular weight excluding hydrogens is 492 g/mol. The summed E-state index contributed by atoms with van der Waals surface area (Å²) in [6.45, 7) is 5.39. The molecule has 1 aromatic heterocycles. The molecule has 0 N–H and O–H groups in total. The minimum Gasteiger partial charge on any atom is -0.463 e. The van der Waals surface area contributed by atoms with Crippen molar-refractivity contribution in [3.05, 3.63) is 101 Å². The zero-order valence-corrected chi connectivity index (χ0v) is 21.4. The number of hydrogen-bond acceptors (Lipinski definition) is 8. The van der Waals surface area contributed by atoms with Crippen LogP contribution in [0.2, 0.25) is 0 Å². The van der Waals surface area contributed by atoms with Crippen LogP contribution < -0.4 is 19.8 Å². The van der Waals surface area contributed by atoms with Crippen LogP contribution in [-0.4, -0.2) is 35.2 Å². The van der Waals surface area contributed by atoms with Gasteiger partial charge < -0.3 is 9.64 Å². The number of carbonyl (C=O) groups is 1. The van der Waals surface area contributed by atoms with E-state index in [1.165, 1.54) is 28.0 Å². The van der Waals surface area contributed by atoms with Gasteiger partial charge in [-0.25, -0.2) is 9.79 Å². The molecule has 2 aliphatic rings. The highest BCUT2D eigenvalue weighted by Gasteiger charge is 2.33. The third-order valence-electron chi connectivity index (χ3n) is 6.59. The summed E-state index contributed by atoms with van der Waals surface area (Å²) < 4.78 is 7.24. The minimum atomic E-state index is -0.693. The Hall–Kier alpha value is -4.05. The predicted octanol–water partition coefficient (Wildman–Crippen LogP) is 3.31. The Labute approximate surface area is 216 Å². The second kappa shape index (κ2) is 10.1. The van der Waals surface area contributed by atoms with Crippen LogP contribution in [0, 0.1) is 10.1 Å². The number of nitrogens with zero attached hydrogens (tertiary/aromatic N) is 4. The Balaban J connectivity index is 1.72. The van der Waals surface area contributed by atoms with Gasteiger partial charge in [0.05, 0.1) is 33.4 Å². The molecular formula is C27H26N4O5S. The molecule has 0 radical (unpaired) electrons. The summed E-state index contributed by atoms with van der Waals surface area (Å²) in [7, 11) is 0. The molecule has 9 nitrogen and oxygen atoms in total. The van der Waals surface area contributed by atoms with Crippen molar-refractivity contribution in [2.45, 2.75) is 32.7 Å². The Morgan fingerprint density at radius 2 is 1.95 bits per heavy atom. The van der Waals surface area contributed by atoms with Gasteiger partial charge in [-0.3, -0.25) is 19.5 Å². The molecule has 0 unspecified atom stereocenters. The molecule has 1 saturated heterocycles. The summed E-state index contributed by atoms with van der Waals surface area (Å²) in [4.78, 5) is 45.1. The highest BCUT2D eigenvalue weighted by molar-refractivity contribution is 7.07. The lowest BCUT2D eigenvalue weighted by Gasteiger charge is -2.24. The zero-order chi connectivity index (χ0) is 26.1. The summed E-state index contributed by atoms with van der Waals surface area (Å²) in [5.41, 5.74) is 2.69. The van der Waals surface area contributed by atoms with E-state index in [9.17, 15) is 19.7 Å². The van der Waals surface area contributed by atoms with Crippen molar-refractivity contribution in [1.82, 2.24) is 4.57 Å². The van der Waals surface area contributed by atoms with Crippen LogP contribution in [-0.2, 0) is 9.53 Å². The number of non-ortho nitro benzene ring substituents is 1. The number of nitro benzene ring substituents is 1. The largest absolute Gasteiger partial charge is 0.463 e. The second-order valence-electron chi connectivity index (χ2n) is 8.91. The summed E-state index contributed by atoms with van der Waals surface area (Å²) >= 11 is 1.21. The summed E-state index contributed by atoms with van der Waals surface area (Å²) in [5.74, 6) is -0.512. The normalized spacial score (nSPS) is 17.5. The number of nitro groups is 1. The lowest BCUT2D eigenvalue weighted by molar-refractivity contribution is -0.384. The number of rotatable bonds is 6. The molecule has 0 bridgehead atoms. The van der Waals surface area contributed by atoms with Crippen molar-refractivity contribution in [2.75, 3.05) is 24.6 Å². The number of allylic oxidation sites excluding steroid dienone is 1. The lowest BCUT2D eigenvalue weighted by atomic mass is 9.96. The molecule has 1 atom stereocenters. The highest BCUT2D eigenvalue weighted by atomic mass is 32.1. The van der Waals surface area contributed by atoms with E-state index in [-0.39, 0.29) is 17.9 Å². The summed E-state index contributed by atoms with van der Waals surface area (Å²) in [6, 6.07) is 13.4. The molecule has 5 rings (SSSR count). The first-order valence-corrected chi connectivity index (χ1v) is 13.0. The maximum atomic E-state index is 13.8. The SMILES string of the molecule is CCOC(=O)C1=C(C)N=c2s/c(=C/c3cc([N+](=O)[O-])ccc3N3CCCC3)c(=O)n2[C@@H]1c1ccccc1. The topological polar surface area (TPSA) is 107 Å². The molecule has 0 saturated carbocycles. The average molecular weight is 519 g/mol. The fourth-order valence-corrected chi connectivity index (χ4v) is 5.94. The smallest absolute Gasteiger partial charge is 0.338 e. The number of fused-ring (bicyclic) bond motifs is 1. The lowest BCUT2D eigenvalue weighted by Crippen LogP contribution is -2.39. The Bertz CT molecular complexity index is 1580. The third-order valence-corrected chi connectivity index (χ3v) is 7.57. The Morgan fingerprint density at radius 1 is 1.22 bits per heavy atom. The number of anilines is 1. The van der Waals surface area contributed by atoms with E-state index < -0.39 is 16.9 Å². The van der Waals surface area contributed by atoms with Crippen LogP contribution >= 0.6 is 11.3 Å². The number of benzene rings is 2. The van der Waals surface area contributed by atoms with E-state index >= 15 is 0 Å². The van der Waals surface area contributed by atoms with Crippen molar-refractivity contribution < 1.29 is 14.5 Å². The van der Waals surface area contributed by atoms with Gasteiger partial charge in [0, 0.05) is 36.5 Å². The van der Waals surface area contributed by atoms with Crippen molar-refractivity contribution in [3.8, 4) is 0 Å². The molecule has 0 amide bonds. The van der Waals surface area contributed by atoms with Crippen LogP contribution in [0.5, 0.6) is 0 Å². The van der Waals surface area contributed by atoms with Gasteiger partial charge in [-0.05, 0) is 44.4 Å². The van der Waals surface area contributed by atoms with Gasteiger partial charge in [0.2, 0.25) is 0 Å². The highest BCUT2D eigenvalue weighted by Crippen LogP contribution is 2.31. The molecule has 37 heavy (non-hydrogen) atoms. The van der Waals surface area contributed by atoms with Crippen LogP contribution in [0.1, 0.15) is 43.9 Å². The van der Waals surface area contributed by atoms with E-state index in [2.05, 4.69) is 9.89 Å². The molecule has 1 fully saturated rings. The van der Waals surface area contributed by atoms with E-state index in [4.69, 9.17) is 4.74 Å². The van der Waals surface area contributed by atoms with Gasteiger partial charge in [0.1, 0.15) is 0 Å². The second-order valence-corrected chi connectivity index (χ2v) is 9.92. The van der Waals surface area contributed by atoms with E-state index in [1.807, 2.05) is 30.3 Å². The Morgan fingerprint density at radius 3 is 2.62 bits per heavy atom. The zero-order valence-electron chi connectivity index (χ0n) is 20.5. The Kier molecular flexibility index (Phi) is 6.75. The van der Waals surface area contributed by atoms with Gasteiger partial charge in [-0.1, -0.05) is 41.7 Å². The first kappa shape index (κ1) is 24.6. The molecule has 190 valence electrons. The van der Waals surface area contributed by atoms with Gasteiger partial charge >= 0.3 is 5.97 Å². The van der Waals surface area contributed by atoms with Crippen molar-refractivity contribution in [1.29, 1.82) is 0 Å². The van der Waals surface area contributed by atoms with Gasteiger partial charge in [-0.15, -0.1) is 0 Å². The van der Waals surface area contributed by atoms with Gasteiger partial charge in [-0.2, -0.15) is 0 Å². The number of ether oxygens (including phenoxy) is 1. The first-order valence-electron chi connectivity index (χ1n) is 12.2. The van der Waals surface area contributed by atoms with Crippen LogP contribution in [0.15, 0.2) is 69.6 Å². The quantitative estimate of drug-likeness (QED) is 0.282. The molecule has 0 aliphatic carbocycles.